The molecule has 1 unspecified atom stereocenters. The smallest absolute Gasteiger partial charge is 0.120 e. The van der Waals surface area contributed by atoms with Crippen molar-refractivity contribution in [2.45, 2.75) is 19.9 Å². The number of methoxy groups -OCH3 is 1. The molecule has 1 rings (SSSR count). The van der Waals surface area contributed by atoms with Crippen LogP contribution >= 0.6 is 15.9 Å². The maximum atomic E-state index is 6.06. The van der Waals surface area contributed by atoms with Crippen LogP contribution in [0, 0.1) is 5.92 Å². The van der Waals surface area contributed by atoms with Crippen molar-refractivity contribution in [3.8, 4) is 5.75 Å². The molecule has 0 spiro atoms. The lowest BCUT2D eigenvalue weighted by Gasteiger charge is -2.18. The van der Waals surface area contributed by atoms with Gasteiger partial charge in [-0.2, -0.15) is 0 Å². The van der Waals surface area contributed by atoms with Crippen LogP contribution < -0.4 is 10.5 Å². The SMILES string of the molecule is COc1ccc(C(N)C(C)C)c(Br)c1. The van der Waals surface area contributed by atoms with Gasteiger partial charge in [0.25, 0.3) is 0 Å². The van der Waals surface area contributed by atoms with Crippen molar-refractivity contribution in [3.63, 3.8) is 0 Å². The molecule has 0 aromatic heterocycles. The Labute approximate surface area is 93.6 Å². The van der Waals surface area contributed by atoms with Gasteiger partial charge in [-0.25, -0.2) is 0 Å². The average molecular weight is 258 g/mol. The molecule has 0 aliphatic carbocycles. The lowest BCUT2D eigenvalue weighted by molar-refractivity contribution is 0.413. The van der Waals surface area contributed by atoms with Crippen LogP contribution in [0.4, 0.5) is 0 Å². The minimum Gasteiger partial charge on any atom is -0.497 e. The predicted octanol–water partition coefficient (Wildman–Crippen LogP) is 3.11. The van der Waals surface area contributed by atoms with Crippen molar-refractivity contribution in [1.82, 2.24) is 0 Å². The van der Waals surface area contributed by atoms with E-state index in [0.29, 0.717) is 5.92 Å². The van der Waals surface area contributed by atoms with Gasteiger partial charge in [0.2, 0.25) is 0 Å². The third-order valence-corrected chi connectivity index (χ3v) is 2.97. The fourth-order valence-electron chi connectivity index (χ4n) is 1.26. The molecule has 1 aromatic rings. The topological polar surface area (TPSA) is 35.2 Å². The summed E-state index contributed by atoms with van der Waals surface area (Å²) in [4.78, 5) is 0. The molecule has 0 saturated carbocycles. The van der Waals surface area contributed by atoms with E-state index in [1.54, 1.807) is 7.11 Å². The first kappa shape index (κ1) is 11.5. The Kier molecular flexibility index (Phi) is 3.96. The minimum atomic E-state index is 0.0651. The van der Waals surface area contributed by atoms with Crippen LogP contribution in [0.1, 0.15) is 25.5 Å². The molecule has 0 saturated heterocycles. The quantitative estimate of drug-likeness (QED) is 0.904. The second-order valence-corrected chi connectivity index (χ2v) is 4.51. The van der Waals surface area contributed by atoms with Crippen LogP contribution in [-0.4, -0.2) is 7.11 Å². The third kappa shape index (κ3) is 2.49. The highest BCUT2D eigenvalue weighted by Crippen LogP contribution is 2.29. The minimum absolute atomic E-state index is 0.0651. The summed E-state index contributed by atoms with van der Waals surface area (Å²) in [5, 5.41) is 0. The lowest BCUT2D eigenvalue weighted by Crippen LogP contribution is -2.17. The Bertz CT molecular complexity index is 312. The van der Waals surface area contributed by atoms with E-state index in [2.05, 4.69) is 29.8 Å². The van der Waals surface area contributed by atoms with E-state index in [4.69, 9.17) is 10.5 Å². The Morgan fingerprint density at radius 2 is 2.00 bits per heavy atom. The Morgan fingerprint density at radius 1 is 1.36 bits per heavy atom. The van der Waals surface area contributed by atoms with Crippen molar-refractivity contribution in [2.75, 3.05) is 7.11 Å². The fourth-order valence-corrected chi connectivity index (χ4v) is 1.89. The maximum absolute atomic E-state index is 6.06. The van der Waals surface area contributed by atoms with Gasteiger partial charge in [-0.15, -0.1) is 0 Å². The maximum Gasteiger partial charge on any atom is 0.120 e. The highest BCUT2D eigenvalue weighted by atomic mass is 79.9. The number of benzene rings is 1. The number of hydrogen-bond donors (Lipinski definition) is 1. The first-order valence-electron chi connectivity index (χ1n) is 4.65. The molecule has 0 fully saturated rings. The van der Waals surface area contributed by atoms with Gasteiger partial charge >= 0.3 is 0 Å². The van der Waals surface area contributed by atoms with Gasteiger partial charge in [-0.3, -0.25) is 0 Å². The van der Waals surface area contributed by atoms with E-state index < -0.39 is 0 Å². The molecular formula is C11H16BrNO. The molecule has 2 nitrogen and oxygen atoms in total. The van der Waals surface area contributed by atoms with Gasteiger partial charge in [0, 0.05) is 10.5 Å². The molecule has 1 aromatic carbocycles. The summed E-state index contributed by atoms with van der Waals surface area (Å²) in [5.74, 6) is 1.27. The summed E-state index contributed by atoms with van der Waals surface area (Å²) in [7, 11) is 1.66. The molecule has 0 aliphatic heterocycles. The molecule has 78 valence electrons. The van der Waals surface area contributed by atoms with Crippen LogP contribution in [0.3, 0.4) is 0 Å². The molecule has 14 heavy (non-hydrogen) atoms. The zero-order chi connectivity index (χ0) is 10.7. The normalized spacial score (nSPS) is 13.0. The number of nitrogens with two attached hydrogens (primary N) is 1. The van der Waals surface area contributed by atoms with Crippen molar-refractivity contribution in [3.05, 3.63) is 28.2 Å². The van der Waals surface area contributed by atoms with E-state index in [0.717, 1.165) is 15.8 Å². The first-order chi connectivity index (χ1) is 6.56. The summed E-state index contributed by atoms with van der Waals surface area (Å²) < 4.78 is 6.13. The van der Waals surface area contributed by atoms with Gasteiger partial charge < -0.3 is 10.5 Å². The monoisotopic (exact) mass is 257 g/mol. The summed E-state index contributed by atoms with van der Waals surface area (Å²) in [6.07, 6.45) is 0. The zero-order valence-electron chi connectivity index (χ0n) is 8.75. The van der Waals surface area contributed by atoms with E-state index in [9.17, 15) is 0 Å². The van der Waals surface area contributed by atoms with Crippen LogP contribution in [0.15, 0.2) is 22.7 Å². The average Bonchev–Trinajstić information content (AvgIpc) is 2.16. The zero-order valence-corrected chi connectivity index (χ0v) is 10.3. The highest BCUT2D eigenvalue weighted by molar-refractivity contribution is 9.10. The van der Waals surface area contributed by atoms with Gasteiger partial charge in [0.05, 0.1) is 7.11 Å². The van der Waals surface area contributed by atoms with Crippen molar-refractivity contribution < 1.29 is 4.74 Å². The first-order valence-corrected chi connectivity index (χ1v) is 5.44. The van der Waals surface area contributed by atoms with Crippen LogP contribution in [-0.2, 0) is 0 Å². The lowest BCUT2D eigenvalue weighted by atomic mass is 9.97. The van der Waals surface area contributed by atoms with Gasteiger partial charge in [0.15, 0.2) is 0 Å². The molecule has 0 heterocycles. The van der Waals surface area contributed by atoms with Crippen LogP contribution in [0.25, 0.3) is 0 Å². The number of halogens is 1. The Hall–Kier alpha value is -0.540. The summed E-state index contributed by atoms with van der Waals surface area (Å²) >= 11 is 3.50. The van der Waals surface area contributed by atoms with Gasteiger partial charge in [-0.1, -0.05) is 35.8 Å². The molecule has 2 N–H and O–H groups in total. The van der Waals surface area contributed by atoms with E-state index in [1.807, 2.05) is 18.2 Å². The second kappa shape index (κ2) is 4.80. The van der Waals surface area contributed by atoms with Crippen LogP contribution in [0.2, 0.25) is 0 Å². The highest BCUT2D eigenvalue weighted by Gasteiger charge is 2.13. The summed E-state index contributed by atoms with van der Waals surface area (Å²) in [6.45, 7) is 4.22. The number of ether oxygens (including phenoxy) is 1. The molecule has 1 atom stereocenters. The van der Waals surface area contributed by atoms with Crippen molar-refractivity contribution >= 4 is 15.9 Å². The largest absolute Gasteiger partial charge is 0.497 e. The van der Waals surface area contributed by atoms with E-state index in [1.165, 1.54) is 0 Å². The summed E-state index contributed by atoms with van der Waals surface area (Å²) in [6, 6.07) is 5.95. The third-order valence-electron chi connectivity index (χ3n) is 2.28. The predicted molar refractivity (Wildman–Crippen MR) is 62.5 cm³/mol. The van der Waals surface area contributed by atoms with Crippen LogP contribution in [0.5, 0.6) is 5.75 Å². The number of hydrogen-bond acceptors (Lipinski definition) is 2. The van der Waals surface area contributed by atoms with Crippen molar-refractivity contribution in [1.29, 1.82) is 0 Å². The molecule has 0 amide bonds. The molecule has 0 aliphatic rings. The standard InChI is InChI=1S/C11H16BrNO/c1-7(2)11(13)9-5-4-8(14-3)6-10(9)12/h4-7,11H,13H2,1-3H3. The second-order valence-electron chi connectivity index (χ2n) is 3.66. The molecule has 0 bridgehead atoms. The fraction of sp³-hybridized carbons (Fsp3) is 0.455. The van der Waals surface area contributed by atoms with E-state index in [-0.39, 0.29) is 6.04 Å². The van der Waals surface area contributed by atoms with Crippen molar-refractivity contribution in [2.24, 2.45) is 11.7 Å². The molecular weight excluding hydrogens is 242 g/mol. The Morgan fingerprint density at radius 3 is 2.43 bits per heavy atom. The van der Waals surface area contributed by atoms with Gasteiger partial charge in [-0.05, 0) is 23.6 Å². The van der Waals surface area contributed by atoms with Gasteiger partial charge in [0.1, 0.15) is 5.75 Å². The van der Waals surface area contributed by atoms with E-state index >= 15 is 0 Å². The Balaban J connectivity index is 2.99. The number of rotatable bonds is 3. The molecule has 3 heteroatoms. The summed E-state index contributed by atoms with van der Waals surface area (Å²) in [5.41, 5.74) is 7.19. The molecule has 0 radical (unpaired) electrons.